The molecule has 2 aliphatic carbocycles. The van der Waals surface area contributed by atoms with Crippen LogP contribution in [0.5, 0.6) is 0 Å². The van der Waals surface area contributed by atoms with Crippen molar-refractivity contribution in [1.29, 1.82) is 0 Å². The molecule has 1 aromatic carbocycles. The van der Waals surface area contributed by atoms with E-state index in [1.54, 1.807) is 0 Å². The van der Waals surface area contributed by atoms with Crippen LogP contribution in [0.25, 0.3) is 0 Å². The van der Waals surface area contributed by atoms with E-state index >= 15 is 0 Å². The maximum Gasteiger partial charge on any atom is 0.329 e. The number of carbonyl (C=O) groups is 5. The molecule has 0 bridgehead atoms. The van der Waals surface area contributed by atoms with Gasteiger partial charge < -0.3 is 30.9 Å². The number of hydrogen-bond donors (Lipinski definition) is 4. The predicted molar refractivity (Wildman–Crippen MR) is 168 cm³/mol. The molecule has 1 unspecified atom stereocenters. The topological polar surface area (TPSA) is 148 Å². The zero-order valence-electron chi connectivity index (χ0n) is 26.5. The Labute approximate surface area is 265 Å². The van der Waals surface area contributed by atoms with E-state index in [2.05, 4.69) is 22.9 Å². The Balaban J connectivity index is 1.10. The number of amides is 5. The zero-order valence-corrected chi connectivity index (χ0v) is 26.5. The summed E-state index contributed by atoms with van der Waals surface area (Å²) in [4.78, 5) is 68.0. The lowest BCUT2D eigenvalue weighted by atomic mass is 9.79. The molecule has 1 aromatic rings. The van der Waals surface area contributed by atoms with Gasteiger partial charge in [-0.1, -0.05) is 63.6 Å². The minimum Gasteiger partial charge on any atom is -0.479 e. The molecule has 2 heterocycles. The molecule has 0 radical (unpaired) electrons. The molecule has 11 heteroatoms. The summed E-state index contributed by atoms with van der Waals surface area (Å²) in [7, 11) is 0. The van der Waals surface area contributed by atoms with Crippen molar-refractivity contribution in [3.63, 3.8) is 0 Å². The summed E-state index contributed by atoms with van der Waals surface area (Å²) in [6.45, 7) is 3.28. The zero-order chi connectivity index (χ0) is 32.0. The molecule has 246 valence electrons. The second-order valence-electron chi connectivity index (χ2n) is 13.4. The summed E-state index contributed by atoms with van der Waals surface area (Å²) in [5.41, 5.74) is 0.514. The van der Waals surface area contributed by atoms with Gasteiger partial charge in [0.25, 0.3) is 5.91 Å². The molecule has 4 atom stereocenters. The van der Waals surface area contributed by atoms with Crippen LogP contribution in [0.3, 0.4) is 0 Å². The van der Waals surface area contributed by atoms with E-state index < -0.39 is 29.5 Å². The number of carboxylic acid groups (broad SMARTS) is 1. The highest BCUT2D eigenvalue weighted by molar-refractivity contribution is 5.97. The number of aliphatic carboxylic acids is 1. The first-order chi connectivity index (χ1) is 21.7. The van der Waals surface area contributed by atoms with Crippen molar-refractivity contribution >= 4 is 29.7 Å². The molecule has 4 aliphatic rings. The van der Waals surface area contributed by atoms with Gasteiger partial charge in [0.2, 0.25) is 11.8 Å². The van der Waals surface area contributed by atoms with Crippen molar-refractivity contribution in [2.45, 2.75) is 108 Å². The number of carboxylic acids is 1. The summed E-state index contributed by atoms with van der Waals surface area (Å²) >= 11 is 0. The molecule has 1 saturated heterocycles. The fourth-order valence-electron chi connectivity index (χ4n) is 7.30. The number of nitrogens with zero attached hydrogens (tertiary/aromatic N) is 2. The predicted octanol–water partition coefficient (Wildman–Crippen LogP) is 3.46. The highest BCUT2D eigenvalue weighted by atomic mass is 16.4. The number of unbranched alkanes of at least 4 members (excludes halogenated alkanes) is 4. The molecule has 45 heavy (non-hydrogen) atoms. The molecule has 2 aliphatic heterocycles. The molecule has 2 saturated carbocycles. The maximum atomic E-state index is 13.3. The van der Waals surface area contributed by atoms with Gasteiger partial charge in [0.1, 0.15) is 11.6 Å². The van der Waals surface area contributed by atoms with Crippen LogP contribution < -0.4 is 16.0 Å². The third-order valence-electron chi connectivity index (χ3n) is 10.4. The first-order valence-electron chi connectivity index (χ1n) is 17.0. The lowest BCUT2D eigenvalue weighted by molar-refractivity contribution is -0.145. The molecular weight excluding hydrogens is 574 g/mol. The molecule has 0 aromatic heterocycles. The first kappa shape index (κ1) is 32.8. The van der Waals surface area contributed by atoms with Gasteiger partial charge in [-0.25, -0.2) is 9.59 Å². The van der Waals surface area contributed by atoms with Crippen molar-refractivity contribution in [3.8, 4) is 0 Å². The number of urea groups is 1. The van der Waals surface area contributed by atoms with Crippen LogP contribution in [0.2, 0.25) is 0 Å². The van der Waals surface area contributed by atoms with Crippen LogP contribution >= 0.6 is 0 Å². The lowest BCUT2D eigenvalue weighted by Gasteiger charge is -2.38. The first-order valence-corrected chi connectivity index (χ1v) is 17.0. The van der Waals surface area contributed by atoms with Crippen molar-refractivity contribution in [2.75, 3.05) is 26.2 Å². The molecule has 3 fully saturated rings. The summed E-state index contributed by atoms with van der Waals surface area (Å²) in [6.07, 6.45) is 11.5. The van der Waals surface area contributed by atoms with Crippen LogP contribution in [0.1, 0.15) is 99.9 Å². The van der Waals surface area contributed by atoms with Crippen molar-refractivity contribution in [2.24, 2.45) is 11.8 Å². The van der Waals surface area contributed by atoms with E-state index in [1.807, 2.05) is 29.2 Å². The Morgan fingerprint density at radius 3 is 2.53 bits per heavy atom. The standard InChI is InChI=1S/C34H49N5O6/c1-2-3-4-5-6-14-25-20-34(25,32(43)44)37-30(41)28-16-10-18-39(28)29(40)21-35-33(45)36-27(24-12-9-13-24)22-38-19-17-23-11-7-8-15-26(23)31(38)42/h7-8,11,15,24-25,27-28H,2-6,9-10,12-14,16-22H2,1H3,(H,37,41)(H,43,44)(H2,35,36,45)/t25?,27-,28+,34-/m1/s1. The van der Waals surface area contributed by atoms with E-state index in [0.29, 0.717) is 44.5 Å². The second-order valence-corrected chi connectivity index (χ2v) is 13.4. The van der Waals surface area contributed by atoms with E-state index in [4.69, 9.17) is 0 Å². The fraction of sp³-hybridized carbons (Fsp3) is 0.676. The minimum absolute atomic E-state index is 0.0221. The number of fused-ring (bicyclic) bond motifs is 1. The third kappa shape index (κ3) is 7.61. The van der Waals surface area contributed by atoms with Crippen LogP contribution in [0.4, 0.5) is 4.79 Å². The quantitative estimate of drug-likeness (QED) is 0.220. The van der Waals surface area contributed by atoms with Crippen molar-refractivity contribution in [3.05, 3.63) is 35.4 Å². The summed E-state index contributed by atoms with van der Waals surface area (Å²) in [5.74, 6) is -1.66. The average Bonchev–Trinajstić information content (AvgIpc) is 3.46. The average molecular weight is 624 g/mol. The van der Waals surface area contributed by atoms with Crippen LogP contribution in [0.15, 0.2) is 24.3 Å². The summed E-state index contributed by atoms with van der Waals surface area (Å²) < 4.78 is 0. The number of rotatable bonds is 15. The van der Waals surface area contributed by atoms with Gasteiger partial charge in [-0.15, -0.1) is 0 Å². The molecule has 0 spiro atoms. The number of hydrogen-bond acceptors (Lipinski definition) is 5. The molecule has 5 amide bonds. The van der Waals surface area contributed by atoms with Gasteiger partial charge in [0.05, 0.1) is 12.6 Å². The Morgan fingerprint density at radius 1 is 1.02 bits per heavy atom. The molecule has 4 N–H and O–H groups in total. The van der Waals surface area contributed by atoms with Gasteiger partial charge in [0, 0.05) is 25.2 Å². The van der Waals surface area contributed by atoms with E-state index in [9.17, 15) is 29.1 Å². The van der Waals surface area contributed by atoms with Crippen LogP contribution in [0, 0.1) is 11.8 Å². The smallest absolute Gasteiger partial charge is 0.329 e. The Hall–Kier alpha value is -3.63. The summed E-state index contributed by atoms with van der Waals surface area (Å²) in [6, 6.07) is 6.18. The highest BCUT2D eigenvalue weighted by Crippen LogP contribution is 2.47. The summed E-state index contributed by atoms with van der Waals surface area (Å²) in [5, 5.41) is 18.4. The maximum absolute atomic E-state index is 13.3. The monoisotopic (exact) mass is 623 g/mol. The van der Waals surface area contributed by atoms with Crippen LogP contribution in [-0.2, 0) is 20.8 Å². The number of nitrogens with one attached hydrogen (secondary N) is 3. The molecular formula is C34H49N5O6. The van der Waals surface area contributed by atoms with E-state index in [-0.39, 0.29) is 36.2 Å². The van der Waals surface area contributed by atoms with E-state index in [0.717, 1.165) is 63.4 Å². The third-order valence-corrected chi connectivity index (χ3v) is 10.4. The van der Waals surface area contributed by atoms with Crippen LogP contribution in [-0.4, -0.2) is 88.4 Å². The molecule has 11 nitrogen and oxygen atoms in total. The highest BCUT2D eigenvalue weighted by Gasteiger charge is 2.61. The van der Waals surface area contributed by atoms with Crippen molar-refractivity contribution in [1.82, 2.24) is 25.8 Å². The normalized spacial score (nSPS) is 24.8. The Kier molecular flexibility index (Phi) is 10.7. The Bertz CT molecular complexity index is 1270. The van der Waals surface area contributed by atoms with Gasteiger partial charge >= 0.3 is 12.0 Å². The number of benzene rings is 1. The SMILES string of the molecule is CCCCCCCC1C[C@]1(NC(=O)[C@@H]1CCCN1C(=O)CNC(=O)N[C@H](CN1CCc2ccccc2C1=O)C1CCC1)C(=O)O. The number of likely N-dealkylation sites (tertiary alicyclic amines) is 1. The second kappa shape index (κ2) is 14.6. The number of carbonyl (C=O) groups excluding carboxylic acids is 4. The Morgan fingerprint density at radius 2 is 1.80 bits per heavy atom. The fourth-order valence-corrected chi connectivity index (χ4v) is 7.30. The van der Waals surface area contributed by atoms with Crippen molar-refractivity contribution < 1.29 is 29.1 Å². The van der Waals surface area contributed by atoms with E-state index in [1.165, 1.54) is 11.3 Å². The lowest BCUT2D eigenvalue weighted by Crippen LogP contribution is -2.56. The van der Waals surface area contributed by atoms with Gasteiger partial charge in [-0.05, 0) is 68.4 Å². The minimum atomic E-state index is -1.24. The largest absolute Gasteiger partial charge is 0.479 e. The van der Waals surface area contributed by atoms with Gasteiger partial charge in [-0.2, -0.15) is 0 Å². The van der Waals surface area contributed by atoms with Gasteiger partial charge in [0.15, 0.2) is 0 Å². The molecule has 5 rings (SSSR count). The van der Waals surface area contributed by atoms with Gasteiger partial charge in [-0.3, -0.25) is 14.4 Å².